The van der Waals surface area contributed by atoms with E-state index in [9.17, 15) is 28.5 Å². The van der Waals surface area contributed by atoms with Gasteiger partial charge < -0.3 is 25.4 Å². The fourth-order valence-corrected chi connectivity index (χ4v) is 5.82. The van der Waals surface area contributed by atoms with Crippen molar-refractivity contribution in [3.63, 3.8) is 0 Å². The van der Waals surface area contributed by atoms with Crippen LogP contribution in [0.2, 0.25) is 0 Å². The lowest BCUT2D eigenvalue weighted by atomic mass is 10.0. The van der Waals surface area contributed by atoms with Gasteiger partial charge in [-0.2, -0.15) is 4.31 Å². The molecule has 0 saturated carbocycles. The smallest absolute Gasteiger partial charge is 0.404 e. The summed E-state index contributed by atoms with van der Waals surface area (Å²) in [5, 5.41) is 32.6. The quantitative estimate of drug-likeness (QED) is 0.248. The molecule has 3 aromatic rings. The molecule has 4 N–H and O–H groups in total. The highest BCUT2D eigenvalue weighted by Gasteiger charge is 2.31. The van der Waals surface area contributed by atoms with Crippen molar-refractivity contribution < 1.29 is 33.3 Å². The Morgan fingerprint density at radius 3 is 2.23 bits per heavy atom. The Balaban J connectivity index is 1.75. The largest absolute Gasteiger partial charge is 0.508 e. The molecule has 0 saturated heterocycles. The Labute approximate surface area is 229 Å². The Bertz CT molecular complexity index is 1330. The lowest BCUT2D eigenvalue weighted by Crippen LogP contribution is -2.50. The second-order valence-corrected chi connectivity index (χ2v) is 11.8. The Morgan fingerprint density at radius 2 is 1.64 bits per heavy atom. The predicted octanol–water partition coefficient (Wildman–Crippen LogP) is 4.17. The van der Waals surface area contributed by atoms with Crippen LogP contribution < -0.4 is 10.1 Å². The highest BCUT2D eigenvalue weighted by atomic mass is 32.2. The van der Waals surface area contributed by atoms with E-state index in [1.807, 2.05) is 44.2 Å². The maximum absolute atomic E-state index is 13.5. The highest BCUT2D eigenvalue weighted by Crippen LogP contribution is 2.24. The first-order valence-corrected chi connectivity index (χ1v) is 14.1. The maximum atomic E-state index is 13.5. The van der Waals surface area contributed by atoms with Crippen molar-refractivity contribution in [1.82, 2.24) is 9.62 Å². The number of amides is 1. The van der Waals surface area contributed by atoms with Gasteiger partial charge in [0.2, 0.25) is 10.0 Å². The summed E-state index contributed by atoms with van der Waals surface area (Å²) in [6.45, 7) is 5.51. The van der Waals surface area contributed by atoms with Gasteiger partial charge in [-0.25, -0.2) is 13.2 Å². The fourth-order valence-electron chi connectivity index (χ4n) is 4.11. The SMILES string of the molecule is Cc1cc(S(=O)(=O)N(CC(C)C)C[C@H](O)[C@H](Cc2ccc(OCc3ccccc3)cc2)NC(=O)O)ccc1O. The number of aliphatic hydroxyl groups excluding tert-OH is 1. The number of nitrogens with one attached hydrogen (secondary N) is 1. The van der Waals surface area contributed by atoms with Crippen LogP contribution in [0.15, 0.2) is 77.7 Å². The molecule has 0 bridgehead atoms. The summed E-state index contributed by atoms with van der Waals surface area (Å²) in [5.74, 6) is 0.565. The van der Waals surface area contributed by atoms with Crippen LogP contribution in [0.3, 0.4) is 0 Å². The number of phenols is 1. The minimum Gasteiger partial charge on any atom is -0.508 e. The number of carbonyl (C=O) groups is 1. The molecule has 0 aliphatic rings. The highest BCUT2D eigenvalue weighted by molar-refractivity contribution is 7.89. The number of nitrogens with zero attached hydrogens (tertiary/aromatic N) is 1. The third-order valence-corrected chi connectivity index (χ3v) is 7.99. The van der Waals surface area contributed by atoms with Gasteiger partial charge in [0.05, 0.1) is 17.0 Å². The van der Waals surface area contributed by atoms with Crippen molar-refractivity contribution in [3.05, 3.63) is 89.5 Å². The number of aryl methyl sites for hydroxylation is 1. The summed E-state index contributed by atoms with van der Waals surface area (Å²) in [6.07, 6.45) is -2.52. The van der Waals surface area contributed by atoms with E-state index in [0.717, 1.165) is 15.4 Å². The van der Waals surface area contributed by atoms with Crippen molar-refractivity contribution in [2.24, 2.45) is 5.92 Å². The summed E-state index contributed by atoms with van der Waals surface area (Å²) in [6, 6.07) is 19.9. The zero-order chi connectivity index (χ0) is 28.6. The molecule has 0 fully saturated rings. The maximum Gasteiger partial charge on any atom is 0.404 e. The molecule has 3 aromatic carbocycles. The molecule has 2 atom stereocenters. The average molecular weight is 557 g/mol. The van der Waals surface area contributed by atoms with Crippen molar-refractivity contribution >= 4 is 16.1 Å². The van der Waals surface area contributed by atoms with Crippen molar-refractivity contribution in [3.8, 4) is 11.5 Å². The number of aromatic hydroxyl groups is 1. The van der Waals surface area contributed by atoms with E-state index in [2.05, 4.69) is 5.32 Å². The van der Waals surface area contributed by atoms with Crippen LogP contribution in [0.4, 0.5) is 4.79 Å². The normalized spacial score (nSPS) is 13.3. The molecule has 10 heteroatoms. The van der Waals surface area contributed by atoms with Gasteiger partial charge in [0, 0.05) is 13.1 Å². The summed E-state index contributed by atoms with van der Waals surface area (Å²) in [7, 11) is -4.03. The third kappa shape index (κ3) is 8.71. The van der Waals surface area contributed by atoms with Crippen LogP contribution in [0.25, 0.3) is 0 Å². The minimum atomic E-state index is -4.03. The molecule has 0 heterocycles. The Kier molecular flexibility index (Phi) is 10.3. The first kappa shape index (κ1) is 29.9. The van der Waals surface area contributed by atoms with Gasteiger partial charge in [0.25, 0.3) is 0 Å². The van der Waals surface area contributed by atoms with Crippen LogP contribution in [0.5, 0.6) is 11.5 Å². The number of ether oxygens (including phenoxy) is 1. The molecule has 0 aliphatic carbocycles. The van der Waals surface area contributed by atoms with Crippen LogP contribution in [-0.4, -0.2) is 59.4 Å². The van der Waals surface area contributed by atoms with Crippen LogP contribution >= 0.6 is 0 Å². The summed E-state index contributed by atoms with van der Waals surface area (Å²) in [4.78, 5) is 11.5. The molecule has 3 rings (SSSR count). The number of sulfonamides is 1. The number of phenolic OH excluding ortho intramolecular Hbond substituents is 1. The molecular weight excluding hydrogens is 520 g/mol. The number of rotatable bonds is 13. The zero-order valence-corrected chi connectivity index (χ0v) is 23.1. The van der Waals surface area contributed by atoms with Gasteiger partial charge in [-0.3, -0.25) is 0 Å². The molecular formula is C29H36N2O7S. The predicted molar refractivity (Wildman–Crippen MR) is 148 cm³/mol. The fraction of sp³-hybridized carbons (Fsp3) is 0.345. The summed E-state index contributed by atoms with van der Waals surface area (Å²) < 4.78 is 33.9. The number of hydrogen-bond donors (Lipinski definition) is 4. The molecule has 210 valence electrons. The van der Waals surface area contributed by atoms with E-state index >= 15 is 0 Å². The monoisotopic (exact) mass is 556 g/mol. The second-order valence-electron chi connectivity index (χ2n) is 9.91. The van der Waals surface area contributed by atoms with Gasteiger partial charge in [-0.1, -0.05) is 56.3 Å². The summed E-state index contributed by atoms with van der Waals surface area (Å²) in [5.41, 5.74) is 2.17. The Morgan fingerprint density at radius 1 is 0.974 bits per heavy atom. The molecule has 0 aliphatic heterocycles. The van der Waals surface area contributed by atoms with Gasteiger partial charge in [-0.05, 0) is 66.3 Å². The van der Waals surface area contributed by atoms with Crippen LogP contribution in [-0.2, 0) is 23.1 Å². The Hall–Kier alpha value is -3.60. The molecule has 0 unspecified atom stereocenters. The van der Waals surface area contributed by atoms with Gasteiger partial charge >= 0.3 is 6.09 Å². The van der Waals surface area contributed by atoms with Crippen molar-refractivity contribution in [1.29, 1.82) is 0 Å². The second kappa shape index (κ2) is 13.5. The molecule has 0 spiro atoms. The van der Waals surface area contributed by atoms with E-state index < -0.39 is 28.3 Å². The van der Waals surface area contributed by atoms with Crippen LogP contribution in [0.1, 0.15) is 30.5 Å². The van der Waals surface area contributed by atoms with E-state index in [4.69, 9.17) is 4.74 Å². The van der Waals surface area contributed by atoms with Crippen molar-refractivity contribution in [2.75, 3.05) is 13.1 Å². The van der Waals surface area contributed by atoms with E-state index in [-0.39, 0.29) is 36.1 Å². The van der Waals surface area contributed by atoms with Gasteiger partial charge in [-0.15, -0.1) is 0 Å². The number of hydrogen-bond acceptors (Lipinski definition) is 6. The minimum absolute atomic E-state index is 0.0144. The topological polar surface area (TPSA) is 136 Å². The van der Waals surface area contributed by atoms with Gasteiger partial charge in [0.15, 0.2) is 0 Å². The third-order valence-electron chi connectivity index (χ3n) is 6.17. The number of benzene rings is 3. The molecule has 1 amide bonds. The van der Waals surface area contributed by atoms with E-state index in [0.29, 0.717) is 17.9 Å². The van der Waals surface area contributed by atoms with E-state index in [1.54, 1.807) is 31.2 Å². The first-order valence-electron chi connectivity index (χ1n) is 12.7. The number of aliphatic hydroxyl groups is 1. The lowest BCUT2D eigenvalue weighted by Gasteiger charge is -2.30. The van der Waals surface area contributed by atoms with Gasteiger partial charge in [0.1, 0.15) is 18.1 Å². The standard InChI is InChI=1S/C29H36N2O7S/c1-20(2)17-31(39(36,37)25-13-14-27(32)21(3)15-25)18-28(33)26(30-29(34)35)16-22-9-11-24(12-10-22)38-19-23-7-5-4-6-8-23/h4-15,20,26,28,30,32-33H,16-19H2,1-3H3,(H,34,35)/t26-,28-/m0/s1. The van der Waals surface area contributed by atoms with Crippen LogP contribution in [0, 0.1) is 12.8 Å². The molecule has 9 nitrogen and oxygen atoms in total. The molecule has 0 radical (unpaired) electrons. The first-order chi connectivity index (χ1) is 18.5. The van der Waals surface area contributed by atoms with E-state index in [1.165, 1.54) is 18.2 Å². The zero-order valence-electron chi connectivity index (χ0n) is 22.3. The number of carboxylic acid groups (broad SMARTS) is 1. The lowest BCUT2D eigenvalue weighted by molar-refractivity contribution is 0.0980. The average Bonchev–Trinajstić information content (AvgIpc) is 2.89. The molecule has 0 aromatic heterocycles. The molecule has 39 heavy (non-hydrogen) atoms. The van der Waals surface area contributed by atoms with Crippen molar-refractivity contribution in [2.45, 2.75) is 50.8 Å². The summed E-state index contributed by atoms with van der Waals surface area (Å²) >= 11 is 0.